The summed E-state index contributed by atoms with van der Waals surface area (Å²) >= 11 is 0. The van der Waals surface area contributed by atoms with Crippen molar-refractivity contribution >= 4 is 5.91 Å². The van der Waals surface area contributed by atoms with Gasteiger partial charge in [0.05, 0.1) is 17.7 Å². The highest BCUT2D eigenvalue weighted by Crippen LogP contribution is 2.18. The monoisotopic (exact) mass is 227 g/mol. The maximum absolute atomic E-state index is 12.7. The fourth-order valence-electron chi connectivity index (χ4n) is 1.11. The molecule has 0 radical (unpaired) electrons. The number of carbonyl (C=O) groups is 1. The summed E-state index contributed by atoms with van der Waals surface area (Å²) in [5.41, 5.74) is -0.819. The average Bonchev–Trinajstić information content (AvgIpc) is 2.16. The summed E-state index contributed by atoms with van der Waals surface area (Å²) in [7, 11) is 0. The number of hydrogen-bond donors (Lipinski definition) is 3. The van der Waals surface area contributed by atoms with Gasteiger partial charge in [0.1, 0.15) is 11.6 Å². The molecule has 0 saturated heterocycles. The first-order valence-corrected chi connectivity index (χ1v) is 4.77. The maximum Gasteiger partial charge on any atom is 0.255 e. The molecular weight excluding hydrogens is 213 g/mol. The molecule has 0 aromatic heterocycles. The van der Waals surface area contributed by atoms with Gasteiger partial charge in [-0.05, 0) is 26.0 Å². The Hall–Kier alpha value is -1.62. The van der Waals surface area contributed by atoms with Crippen LogP contribution in [-0.2, 0) is 0 Å². The molecule has 0 aliphatic rings. The summed E-state index contributed by atoms with van der Waals surface area (Å²) < 4.78 is 12.7. The average molecular weight is 227 g/mol. The molecule has 88 valence electrons. The van der Waals surface area contributed by atoms with Gasteiger partial charge in [-0.1, -0.05) is 0 Å². The zero-order valence-electron chi connectivity index (χ0n) is 9.12. The van der Waals surface area contributed by atoms with E-state index in [9.17, 15) is 14.3 Å². The molecule has 3 N–H and O–H groups in total. The summed E-state index contributed by atoms with van der Waals surface area (Å²) in [6, 6.07) is 3.13. The summed E-state index contributed by atoms with van der Waals surface area (Å²) in [5.74, 6) is -1.60. The Bertz CT molecular complexity index is 404. The van der Waals surface area contributed by atoms with Crippen LogP contribution >= 0.6 is 0 Å². The Morgan fingerprint density at radius 1 is 1.50 bits per heavy atom. The van der Waals surface area contributed by atoms with E-state index in [2.05, 4.69) is 5.32 Å². The van der Waals surface area contributed by atoms with E-state index >= 15 is 0 Å². The van der Waals surface area contributed by atoms with Gasteiger partial charge in [-0.25, -0.2) is 4.39 Å². The van der Waals surface area contributed by atoms with E-state index in [4.69, 9.17) is 5.11 Å². The van der Waals surface area contributed by atoms with Crippen LogP contribution < -0.4 is 5.32 Å². The molecule has 0 saturated carbocycles. The first kappa shape index (κ1) is 12.4. The van der Waals surface area contributed by atoms with Gasteiger partial charge in [0.2, 0.25) is 0 Å². The van der Waals surface area contributed by atoms with Crippen LogP contribution in [0.5, 0.6) is 5.75 Å². The van der Waals surface area contributed by atoms with Gasteiger partial charge in [0.25, 0.3) is 5.91 Å². The molecule has 0 aliphatic heterocycles. The fraction of sp³-hybridized carbons (Fsp3) is 0.364. The van der Waals surface area contributed by atoms with Crippen molar-refractivity contribution in [3.05, 3.63) is 29.6 Å². The van der Waals surface area contributed by atoms with Crippen molar-refractivity contribution in [1.29, 1.82) is 0 Å². The minimum atomic E-state index is -0.794. The maximum atomic E-state index is 12.7. The number of carbonyl (C=O) groups excluding carboxylic acids is 1. The first-order chi connectivity index (χ1) is 7.35. The van der Waals surface area contributed by atoms with Crippen LogP contribution in [0, 0.1) is 5.82 Å². The Labute approximate surface area is 92.7 Å². The second-order valence-electron chi connectivity index (χ2n) is 4.16. The van der Waals surface area contributed by atoms with Gasteiger partial charge in [-0.15, -0.1) is 0 Å². The van der Waals surface area contributed by atoms with Crippen molar-refractivity contribution < 1.29 is 19.4 Å². The minimum absolute atomic E-state index is 0.0251. The van der Waals surface area contributed by atoms with Crippen LogP contribution in [0.15, 0.2) is 18.2 Å². The zero-order valence-corrected chi connectivity index (χ0v) is 9.12. The van der Waals surface area contributed by atoms with Crippen LogP contribution in [0.4, 0.5) is 4.39 Å². The molecular formula is C11H14FNO3. The molecule has 0 atom stereocenters. The molecule has 16 heavy (non-hydrogen) atoms. The highest BCUT2D eigenvalue weighted by Gasteiger charge is 2.21. The molecule has 5 heteroatoms. The second kappa shape index (κ2) is 4.49. The molecule has 0 aliphatic carbocycles. The number of phenolic OH excluding ortho intramolecular Hbond substituents is 1. The quantitative estimate of drug-likeness (QED) is 0.722. The number of aliphatic hydroxyl groups is 1. The van der Waals surface area contributed by atoms with E-state index in [-0.39, 0.29) is 12.2 Å². The number of hydrogen-bond acceptors (Lipinski definition) is 3. The van der Waals surface area contributed by atoms with E-state index in [0.29, 0.717) is 0 Å². The van der Waals surface area contributed by atoms with Crippen LogP contribution in [0.3, 0.4) is 0 Å². The number of benzene rings is 1. The molecule has 0 fully saturated rings. The number of phenols is 1. The Morgan fingerprint density at radius 2 is 2.12 bits per heavy atom. The fourth-order valence-corrected chi connectivity index (χ4v) is 1.11. The van der Waals surface area contributed by atoms with Crippen molar-refractivity contribution in [3.8, 4) is 5.75 Å². The lowest BCUT2D eigenvalue weighted by molar-refractivity contribution is 0.0866. The van der Waals surface area contributed by atoms with E-state index < -0.39 is 23.0 Å². The number of rotatable bonds is 3. The highest BCUT2D eigenvalue weighted by atomic mass is 19.1. The van der Waals surface area contributed by atoms with Crippen molar-refractivity contribution in [2.45, 2.75) is 19.4 Å². The molecule has 1 rings (SSSR count). The smallest absolute Gasteiger partial charge is 0.255 e. The van der Waals surface area contributed by atoms with Gasteiger partial charge in [-0.3, -0.25) is 4.79 Å². The summed E-state index contributed by atoms with van der Waals surface area (Å²) in [4.78, 5) is 11.6. The minimum Gasteiger partial charge on any atom is -0.507 e. The third-order valence-electron chi connectivity index (χ3n) is 2.05. The predicted octanol–water partition coefficient (Wildman–Crippen LogP) is 1.03. The lowest BCUT2D eigenvalue weighted by Gasteiger charge is -2.23. The predicted molar refractivity (Wildman–Crippen MR) is 56.7 cm³/mol. The zero-order chi connectivity index (χ0) is 12.3. The number of aliphatic hydroxyl groups excluding tert-OH is 1. The number of aromatic hydroxyl groups is 1. The highest BCUT2D eigenvalue weighted by molar-refractivity contribution is 5.97. The summed E-state index contributed by atoms with van der Waals surface area (Å²) in [5, 5.41) is 20.8. The van der Waals surface area contributed by atoms with Gasteiger partial charge >= 0.3 is 0 Å². The van der Waals surface area contributed by atoms with Crippen molar-refractivity contribution in [1.82, 2.24) is 5.32 Å². The SMILES string of the molecule is CC(C)(CO)NC(=O)c1ccc(F)cc1O. The Kier molecular flexibility index (Phi) is 3.49. The van der Waals surface area contributed by atoms with E-state index in [1.807, 2.05) is 0 Å². The molecule has 4 nitrogen and oxygen atoms in total. The molecule has 1 aromatic carbocycles. The molecule has 0 bridgehead atoms. The normalized spacial score (nSPS) is 11.2. The van der Waals surface area contributed by atoms with Crippen LogP contribution in [0.25, 0.3) is 0 Å². The summed E-state index contributed by atoms with van der Waals surface area (Å²) in [6.07, 6.45) is 0. The Balaban J connectivity index is 2.89. The summed E-state index contributed by atoms with van der Waals surface area (Å²) in [6.45, 7) is 3.03. The number of nitrogens with one attached hydrogen (secondary N) is 1. The van der Waals surface area contributed by atoms with Crippen molar-refractivity contribution in [2.24, 2.45) is 0 Å². The van der Waals surface area contributed by atoms with E-state index in [1.54, 1.807) is 13.8 Å². The number of amides is 1. The van der Waals surface area contributed by atoms with Crippen LogP contribution in [-0.4, -0.2) is 28.3 Å². The molecule has 0 spiro atoms. The van der Waals surface area contributed by atoms with Crippen molar-refractivity contribution in [3.63, 3.8) is 0 Å². The van der Waals surface area contributed by atoms with Crippen LogP contribution in [0.1, 0.15) is 24.2 Å². The van der Waals surface area contributed by atoms with Crippen LogP contribution in [0.2, 0.25) is 0 Å². The molecule has 1 aromatic rings. The van der Waals surface area contributed by atoms with Gasteiger partial charge in [0, 0.05) is 6.07 Å². The number of halogens is 1. The second-order valence-corrected chi connectivity index (χ2v) is 4.16. The Morgan fingerprint density at radius 3 is 2.62 bits per heavy atom. The van der Waals surface area contributed by atoms with Gasteiger partial charge < -0.3 is 15.5 Å². The molecule has 1 amide bonds. The van der Waals surface area contributed by atoms with E-state index in [0.717, 1.165) is 12.1 Å². The third kappa shape index (κ3) is 2.93. The molecule has 0 heterocycles. The first-order valence-electron chi connectivity index (χ1n) is 4.77. The van der Waals surface area contributed by atoms with Gasteiger partial charge in [-0.2, -0.15) is 0 Å². The largest absolute Gasteiger partial charge is 0.507 e. The standard InChI is InChI=1S/C11H14FNO3/c1-11(2,6-14)13-10(16)8-4-3-7(12)5-9(8)15/h3-5,14-15H,6H2,1-2H3,(H,13,16). The van der Waals surface area contributed by atoms with E-state index in [1.165, 1.54) is 6.07 Å². The molecule has 0 unspecified atom stereocenters. The van der Waals surface area contributed by atoms with Crippen molar-refractivity contribution in [2.75, 3.05) is 6.61 Å². The third-order valence-corrected chi connectivity index (χ3v) is 2.05. The van der Waals surface area contributed by atoms with Gasteiger partial charge in [0.15, 0.2) is 0 Å². The lowest BCUT2D eigenvalue weighted by atomic mass is 10.1. The topological polar surface area (TPSA) is 69.6 Å². The lowest BCUT2D eigenvalue weighted by Crippen LogP contribution is -2.46.